The summed E-state index contributed by atoms with van der Waals surface area (Å²) in [5, 5.41) is 18.5. The molecule has 0 saturated heterocycles. The van der Waals surface area contributed by atoms with Crippen molar-refractivity contribution in [2.24, 2.45) is 35.5 Å². The fourth-order valence-corrected chi connectivity index (χ4v) is 4.49. The highest BCUT2D eigenvalue weighted by atomic mass is 14.8. The summed E-state index contributed by atoms with van der Waals surface area (Å²) in [5.41, 5.74) is 0. The van der Waals surface area contributed by atoms with Gasteiger partial charge in [0.25, 0.3) is 0 Å². The van der Waals surface area contributed by atoms with Crippen LogP contribution in [0.1, 0.15) is 33.1 Å². The van der Waals surface area contributed by atoms with Gasteiger partial charge in [-0.3, -0.25) is 9.69 Å². The van der Waals surface area contributed by atoms with Crippen LogP contribution in [-0.4, -0.2) is 12.1 Å². The topological polar surface area (TPSA) is 56.3 Å². The fourth-order valence-electron chi connectivity index (χ4n) is 4.49. The molecule has 2 aliphatic carbocycles. The van der Waals surface area contributed by atoms with Gasteiger partial charge in [0.05, 0.1) is 11.8 Å². The van der Waals surface area contributed by atoms with Crippen molar-refractivity contribution in [1.82, 2.24) is 0 Å². The summed E-state index contributed by atoms with van der Waals surface area (Å²) in [5.74, 6) is 1.91. The largest absolute Gasteiger partial charge is 0.310 e. The Bertz CT molecular complexity index is 477. The Labute approximate surface area is 127 Å². The first-order chi connectivity index (χ1) is 10.1. The van der Waals surface area contributed by atoms with Crippen LogP contribution in [0.5, 0.6) is 0 Å². The molecule has 0 aromatic rings. The summed E-state index contributed by atoms with van der Waals surface area (Å²) >= 11 is 0. The van der Waals surface area contributed by atoms with Gasteiger partial charge >= 0.3 is 12.1 Å². The molecule has 0 aliphatic heterocycles. The van der Waals surface area contributed by atoms with E-state index in [0.29, 0.717) is 30.1 Å². The summed E-state index contributed by atoms with van der Waals surface area (Å²) in [6.45, 7) is 19.0. The van der Waals surface area contributed by atoms with E-state index in [4.69, 9.17) is 13.1 Å². The maximum Gasteiger partial charge on any atom is 0.310 e. The lowest BCUT2D eigenvalue weighted by Gasteiger charge is -2.38. The highest BCUT2D eigenvalue weighted by Crippen LogP contribution is 2.54. The van der Waals surface area contributed by atoms with Crippen molar-refractivity contribution in [2.45, 2.75) is 45.2 Å². The molecular weight excluding hydrogens is 260 g/mol. The fraction of sp³-hybridized carbons (Fsp3) is 0.765. The summed E-state index contributed by atoms with van der Waals surface area (Å²) in [6, 6.07) is 3.03. The normalized spacial score (nSPS) is 40.7. The Morgan fingerprint density at radius 1 is 0.857 bits per heavy atom. The SMILES string of the molecule is [C-]#[N+]C(C#N)C1CC(C(C#N)[N+]#[C-])C2CC(C)C(C)CC12. The van der Waals surface area contributed by atoms with Crippen LogP contribution in [0.15, 0.2) is 0 Å². The van der Waals surface area contributed by atoms with E-state index >= 15 is 0 Å². The van der Waals surface area contributed by atoms with E-state index in [0.717, 1.165) is 12.8 Å². The summed E-state index contributed by atoms with van der Waals surface area (Å²) in [7, 11) is 0. The second-order valence-electron chi connectivity index (χ2n) is 6.72. The van der Waals surface area contributed by atoms with E-state index in [1.165, 1.54) is 0 Å². The van der Waals surface area contributed by atoms with E-state index in [1.54, 1.807) is 0 Å². The summed E-state index contributed by atoms with van der Waals surface area (Å²) in [6.07, 6.45) is 2.74. The molecule has 0 bridgehead atoms. The van der Waals surface area contributed by atoms with Crippen molar-refractivity contribution in [3.63, 3.8) is 0 Å². The minimum atomic E-state index is -0.617. The highest BCUT2D eigenvalue weighted by Gasteiger charge is 2.55. The second-order valence-corrected chi connectivity index (χ2v) is 6.72. The summed E-state index contributed by atoms with van der Waals surface area (Å²) in [4.78, 5) is 7.00. The number of nitriles is 2. The predicted octanol–water partition coefficient (Wildman–Crippen LogP) is 3.54. The van der Waals surface area contributed by atoms with Crippen molar-refractivity contribution >= 4 is 0 Å². The van der Waals surface area contributed by atoms with Gasteiger partial charge in [0.15, 0.2) is 12.1 Å². The summed E-state index contributed by atoms with van der Waals surface area (Å²) < 4.78 is 0. The van der Waals surface area contributed by atoms with Crippen LogP contribution in [-0.2, 0) is 0 Å². The molecule has 4 nitrogen and oxygen atoms in total. The standard InChI is InChI=1S/C17H20N4/c1-10-5-12-13(6-11(10)2)15(17(9-19)21-4)7-14(12)16(8-18)20-3/h10-17H,5-7H2,1-2H3. The highest BCUT2D eigenvalue weighted by molar-refractivity contribution is 5.15. The molecule has 0 N–H and O–H groups in total. The lowest BCUT2D eigenvalue weighted by molar-refractivity contribution is 0.111. The van der Waals surface area contributed by atoms with Crippen LogP contribution >= 0.6 is 0 Å². The Morgan fingerprint density at radius 3 is 1.52 bits per heavy atom. The molecule has 8 atom stereocenters. The first-order valence-electron chi connectivity index (χ1n) is 7.59. The third kappa shape index (κ3) is 2.60. The van der Waals surface area contributed by atoms with Gasteiger partial charge in [-0.25, -0.2) is 13.1 Å². The molecule has 0 spiro atoms. The molecule has 0 amide bonds. The van der Waals surface area contributed by atoms with Gasteiger partial charge in [-0.05, 0) is 42.9 Å². The van der Waals surface area contributed by atoms with E-state index in [1.807, 2.05) is 0 Å². The minimum Gasteiger partial charge on any atom is -0.297 e. The van der Waals surface area contributed by atoms with Gasteiger partial charge in [0.2, 0.25) is 0 Å². The van der Waals surface area contributed by atoms with Crippen molar-refractivity contribution in [3.05, 3.63) is 22.8 Å². The Morgan fingerprint density at radius 2 is 1.24 bits per heavy atom. The van der Waals surface area contributed by atoms with Gasteiger partial charge in [-0.15, -0.1) is 0 Å². The zero-order valence-electron chi connectivity index (χ0n) is 12.5. The van der Waals surface area contributed by atoms with Gasteiger partial charge in [0.1, 0.15) is 0 Å². The van der Waals surface area contributed by atoms with Crippen LogP contribution in [0.25, 0.3) is 9.69 Å². The first-order valence-corrected chi connectivity index (χ1v) is 7.59. The smallest absolute Gasteiger partial charge is 0.297 e. The molecule has 2 fully saturated rings. The maximum atomic E-state index is 9.24. The van der Waals surface area contributed by atoms with E-state index in [2.05, 4.69) is 35.7 Å². The van der Waals surface area contributed by atoms with Gasteiger partial charge in [0, 0.05) is 0 Å². The van der Waals surface area contributed by atoms with Crippen LogP contribution in [0.4, 0.5) is 0 Å². The molecule has 0 radical (unpaired) electrons. The van der Waals surface area contributed by atoms with Crippen LogP contribution < -0.4 is 0 Å². The van der Waals surface area contributed by atoms with Gasteiger partial charge < -0.3 is 0 Å². The zero-order valence-corrected chi connectivity index (χ0v) is 12.5. The van der Waals surface area contributed by atoms with E-state index in [-0.39, 0.29) is 11.8 Å². The molecule has 0 aromatic heterocycles. The molecule has 8 unspecified atom stereocenters. The van der Waals surface area contributed by atoms with Crippen LogP contribution in [0.2, 0.25) is 0 Å². The lowest BCUT2D eigenvalue weighted by atomic mass is 9.66. The van der Waals surface area contributed by atoms with E-state index < -0.39 is 12.1 Å². The number of hydrogen-bond acceptors (Lipinski definition) is 2. The molecule has 2 rings (SSSR count). The molecule has 0 heterocycles. The maximum absolute atomic E-state index is 9.24. The Balaban J connectivity index is 2.32. The zero-order chi connectivity index (χ0) is 15.6. The lowest BCUT2D eigenvalue weighted by Crippen LogP contribution is -2.34. The van der Waals surface area contributed by atoms with Gasteiger partial charge in [-0.1, -0.05) is 13.8 Å². The molecule has 2 aliphatic rings. The predicted molar refractivity (Wildman–Crippen MR) is 78.1 cm³/mol. The Kier molecular flexibility index (Phi) is 4.50. The number of rotatable bonds is 2. The van der Waals surface area contributed by atoms with Crippen molar-refractivity contribution in [1.29, 1.82) is 10.5 Å². The quantitative estimate of drug-likeness (QED) is 0.726. The minimum absolute atomic E-state index is 0.0371. The molecule has 0 aromatic carbocycles. The number of nitrogens with zero attached hydrogens (tertiary/aromatic N) is 4. The average Bonchev–Trinajstić information content (AvgIpc) is 2.82. The number of hydrogen-bond donors (Lipinski definition) is 0. The molecule has 21 heavy (non-hydrogen) atoms. The van der Waals surface area contributed by atoms with Crippen molar-refractivity contribution in [2.75, 3.05) is 0 Å². The van der Waals surface area contributed by atoms with E-state index in [9.17, 15) is 10.5 Å². The average molecular weight is 280 g/mol. The molecular formula is C17H20N4. The molecule has 2 saturated carbocycles. The number of fused-ring (bicyclic) bond motifs is 1. The van der Waals surface area contributed by atoms with Crippen molar-refractivity contribution < 1.29 is 0 Å². The third-order valence-electron chi connectivity index (χ3n) is 5.81. The first kappa shape index (κ1) is 15.4. The monoisotopic (exact) mass is 280 g/mol. The van der Waals surface area contributed by atoms with Crippen LogP contribution in [0.3, 0.4) is 0 Å². The van der Waals surface area contributed by atoms with Gasteiger partial charge in [-0.2, -0.15) is 10.5 Å². The molecule has 108 valence electrons. The van der Waals surface area contributed by atoms with Crippen LogP contribution in [0, 0.1) is 71.3 Å². The Hall–Kier alpha value is -2.04. The second kappa shape index (κ2) is 6.16. The van der Waals surface area contributed by atoms with Crippen molar-refractivity contribution in [3.8, 4) is 12.1 Å². The third-order valence-corrected chi connectivity index (χ3v) is 5.81. The molecule has 4 heteroatoms.